The van der Waals surface area contributed by atoms with Gasteiger partial charge in [0.25, 0.3) is 0 Å². The molecule has 0 radical (unpaired) electrons. The lowest BCUT2D eigenvalue weighted by molar-refractivity contribution is 0.626. The Kier molecular flexibility index (Phi) is 9.35. The highest BCUT2D eigenvalue weighted by Crippen LogP contribution is 2.34. The van der Waals surface area contributed by atoms with Gasteiger partial charge in [-0.3, -0.25) is 4.98 Å². The fraction of sp³-hybridized carbons (Fsp3) is 0.292. The third-order valence-corrected chi connectivity index (χ3v) is 6.10. The van der Waals surface area contributed by atoms with E-state index in [1.54, 1.807) is 23.9 Å². The van der Waals surface area contributed by atoms with Crippen molar-refractivity contribution in [1.82, 2.24) is 9.55 Å². The predicted molar refractivity (Wildman–Crippen MR) is 130 cm³/mol. The van der Waals surface area contributed by atoms with Crippen molar-refractivity contribution in [2.24, 2.45) is 5.92 Å². The van der Waals surface area contributed by atoms with E-state index in [0.717, 1.165) is 18.7 Å². The third-order valence-electron chi connectivity index (χ3n) is 4.50. The van der Waals surface area contributed by atoms with Crippen LogP contribution in [0.1, 0.15) is 36.2 Å². The zero-order valence-corrected chi connectivity index (χ0v) is 19.6. The Morgan fingerprint density at radius 1 is 1.21 bits per heavy atom. The van der Waals surface area contributed by atoms with Gasteiger partial charge in [0.2, 0.25) is 0 Å². The molecule has 0 saturated heterocycles. The normalized spacial score (nSPS) is 12.5. The lowest BCUT2D eigenvalue weighted by Crippen LogP contribution is -2.05. The van der Waals surface area contributed by atoms with E-state index in [-0.39, 0.29) is 0 Å². The van der Waals surface area contributed by atoms with Crippen LogP contribution in [0, 0.1) is 12.8 Å². The smallest absolute Gasteiger partial charge is 0.0795 e. The summed E-state index contributed by atoms with van der Waals surface area (Å²) in [6.07, 6.45) is 11.9. The first-order valence-corrected chi connectivity index (χ1v) is 11.3. The van der Waals surface area contributed by atoms with E-state index in [1.165, 1.54) is 27.4 Å². The summed E-state index contributed by atoms with van der Waals surface area (Å²) in [5.41, 5.74) is 5.05. The summed E-state index contributed by atoms with van der Waals surface area (Å²) in [5.74, 6) is 1.30. The Morgan fingerprint density at radius 2 is 1.90 bits per heavy atom. The van der Waals surface area contributed by atoms with E-state index in [4.69, 9.17) is 23.2 Å². The molecule has 0 unspecified atom stereocenters. The zero-order chi connectivity index (χ0) is 21.4. The molecule has 0 N–H and O–H groups in total. The topological polar surface area (TPSA) is 17.8 Å². The maximum Gasteiger partial charge on any atom is 0.0795 e. The van der Waals surface area contributed by atoms with Crippen LogP contribution in [0.2, 0.25) is 0 Å². The van der Waals surface area contributed by atoms with Crippen LogP contribution in [-0.4, -0.2) is 15.3 Å². The predicted octanol–water partition coefficient (Wildman–Crippen LogP) is 7.60. The largest absolute Gasteiger partial charge is 0.335 e. The summed E-state index contributed by atoms with van der Waals surface area (Å²) >= 11 is 14.1. The van der Waals surface area contributed by atoms with Crippen molar-refractivity contribution in [3.8, 4) is 0 Å². The highest BCUT2D eigenvalue weighted by molar-refractivity contribution is 7.99. The molecule has 0 aliphatic carbocycles. The Labute approximate surface area is 189 Å². The lowest BCUT2D eigenvalue weighted by Gasteiger charge is -2.13. The summed E-state index contributed by atoms with van der Waals surface area (Å²) in [6, 6.07) is 4.12. The van der Waals surface area contributed by atoms with Gasteiger partial charge < -0.3 is 4.57 Å². The molecule has 0 spiro atoms. The van der Waals surface area contributed by atoms with E-state index in [0.29, 0.717) is 16.0 Å². The molecule has 0 atom stereocenters. The van der Waals surface area contributed by atoms with E-state index >= 15 is 0 Å². The fourth-order valence-corrected chi connectivity index (χ4v) is 4.75. The van der Waals surface area contributed by atoms with Gasteiger partial charge in [-0.2, -0.15) is 0 Å². The molecule has 0 fully saturated rings. The Hall–Kier alpha value is -1.68. The molecule has 0 aliphatic heterocycles. The summed E-state index contributed by atoms with van der Waals surface area (Å²) < 4.78 is 2.38. The van der Waals surface area contributed by atoms with Crippen LogP contribution in [0.5, 0.6) is 0 Å². The molecule has 2 heterocycles. The molecular formula is C24H28Cl2N2S. The highest BCUT2D eigenvalue weighted by Gasteiger charge is 2.19. The summed E-state index contributed by atoms with van der Waals surface area (Å²) in [7, 11) is 0. The van der Waals surface area contributed by atoms with E-state index < -0.39 is 0 Å². The molecule has 2 rings (SSSR count). The Balaban J connectivity index is 2.41. The molecule has 0 aliphatic rings. The van der Waals surface area contributed by atoms with Crippen molar-refractivity contribution in [3.63, 3.8) is 0 Å². The van der Waals surface area contributed by atoms with Gasteiger partial charge in [0, 0.05) is 40.4 Å². The molecule has 29 heavy (non-hydrogen) atoms. The van der Waals surface area contributed by atoms with Gasteiger partial charge in [-0.15, -0.1) is 11.8 Å². The SMILES string of the molecule is C=C/C(Cl)=C\C(Cl)=C/CSc1c(CC(C)C)c(C=C)c(C)n1Cc1ccncc1. The summed E-state index contributed by atoms with van der Waals surface area (Å²) in [5, 5.41) is 2.41. The minimum atomic E-state index is 0.530. The minimum Gasteiger partial charge on any atom is -0.335 e. The van der Waals surface area contributed by atoms with Gasteiger partial charge in [-0.05, 0) is 54.2 Å². The molecule has 0 bridgehead atoms. The van der Waals surface area contributed by atoms with Crippen LogP contribution < -0.4 is 0 Å². The van der Waals surface area contributed by atoms with E-state index in [1.807, 2.05) is 24.5 Å². The van der Waals surface area contributed by atoms with Crippen molar-refractivity contribution in [1.29, 1.82) is 0 Å². The van der Waals surface area contributed by atoms with Crippen molar-refractivity contribution in [3.05, 3.63) is 88.4 Å². The van der Waals surface area contributed by atoms with Crippen LogP contribution in [0.15, 0.2) is 71.0 Å². The number of pyridine rings is 1. The van der Waals surface area contributed by atoms with E-state index in [9.17, 15) is 0 Å². The maximum atomic E-state index is 6.29. The minimum absolute atomic E-state index is 0.530. The van der Waals surface area contributed by atoms with Crippen LogP contribution in [0.25, 0.3) is 6.08 Å². The second-order valence-corrected chi connectivity index (χ2v) is 9.04. The number of allylic oxidation sites excluding steroid dienone is 4. The molecule has 2 aromatic heterocycles. The second kappa shape index (κ2) is 11.5. The number of nitrogens with zero attached hydrogens (tertiary/aromatic N) is 2. The Morgan fingerprint density at radius 3 is 2.48 bits per heavy atom. The second-order valence-electron chi connectivity index (χ2n) is 7.16. The van der Waals surface area contributed by atoms with Gasteiger partial charge in [-0.1, -0.05) is 68.4 Å². The molecule has 2 aromatic rings. The van der Waals surface area contributed by atoms with Crippen LogP contribution in [-0.2, 0) is 13.0 Å². The average Bonchev–Trinajstić information content (AvgIpc) is 2.92. The number of halogens is 2. The van der Waals surface area contributed by atoms with Crippen LogP contribution in [0.3, 0.4) is 0 Å². The number of thioether (sulfide) groups is 1. The monoisotopic (exact) mass is 446 g/mol. The first kappa shape index (κ1) is 23.6. The van der Waals surface area contributed by atoms with Crippen molar-refractivity contribution >= 4 is 41.0 Å². The standard InChI is InChI=1S/C24H28Cl2N2S/c1-6-20(25)15-21(26)10-13-29-24-23(14-17(3)4)22(7-2)18(5)28(24)16-19-8-11-27-12-9-19/h6-12,15,17H,1-2,13-14,16H2,3-5H3/b20-15+,21-10+. The third kappa shape index (κ3) is 6.67. The van der Waals surface area contributed by atoms with Crippen LogP contribution in [0.4, 0.5) is 0 Å². The molecule has 0 aromatic carbocycles. The zero-order valence-electron chi connectivity index (χ0n) is 17.3. The lowest BCUT2D eigenvalue weighted by atomic mass is 10.0. The van der Waals surface area contributed by atoms with Gasteiger partial charge in [0.15, 0.2) is 0 Å². The van der Waals surface area contributed by atoms with Crippen molar-refractivity contribution in [2.45, 2.75) is 38.8 Å². The molecular weight excluding hydrogens is 419 g/mol. The fourth-order valence-electron chi connectivity index (χ4n) is 3.15. The van der Waals surface area contributed by atoms with Gasteiger partial charge in [0.1, 0.15) is 0 Å². The first-order chi connectivity index (χ1) is 13.9. The van der Waals surface area contributed by atoms with Crippen molar-refractivity contribution < 1.29 is 0 Å². The van der Waals surface area contributed by atoms with Gasteiger partial charge in [0.05, 0.1) is 5.03 Å². The quantitative estimate of drug-likeness (QED) is 0.276. The van der Waals surface area contributed by atoms with Crippen molar-refractivity contribution in [2.75, 3.05) is 5.75 Å². The molecule has 154 valence electrons. The molecule has 5 heteroatoms. The number of hydrogen-bond acceptors (Lipinski definition) is 2. The first-order valence-electron chi connectivity index (χ1n) is 9.58. The molecule has 0 saturated carbocycles. The number of hydrogen-bond donors (Lipinski definition) is 0. The van der Waals surface area contributed by atoms with E-state index in [2.05, 4.69) is 55.6 Å². The summed E-state index contributed by atoms with van der Waals surface area (Å²) in [4.78, 5) is 4.13. The van der Waals surface area contributed by atoms with Gasteiger partial charge in [-0.25, -0.2) is 0 Å². The Bertz CT molecular complexity index is 909. The van der Waals surface area contributed by atoms with Gasteiger partial charge >= 0.3 is 0 Å². The maximum absolute atomic E-state index is 6.29. The average molecular weight is 447 g/mol. The number of aromatic nitrogens is 2. The number of rotatable bonds is 10. The van der Waals surface area contributed by atoms with Crippen LogP contribution >= 0.6 is 35.0 Å². The summed E-state index contributed by atoms with van der Waals surface area (Å²) in [6.45, 7) is 15.2. The molecule has 2 nitrogen and oxygen atoms in total. The highest BCUT2D eigenvalue weighted by atomic mass is 35.5. The molecule has 0 amide bonds.